The number of rotatable bonds is 8. The Balaban J connectivity index is 2.32. The van der Waals surface area contributed by atoms with Crippen LogP contribution in [0.25, 0.3) is 0 Å². The molecule has 0 aliphatic rings. The van der Waals surface area contributed by atoms with Gasteiger partial charge in [0.05, 0.1) is 11.3 Å². The molecule has 2 aromatic rings. The van der Waals surface area contributed by atoms with Gasteiger partial charge in [-0.3, -0.25) is 0 Å². The SMILES string of the molecule is CCOC(OCC)c1cc(C(F)(F)F)ccc1CNc1cc[nH]c1. The first-order valence-electron chi connectivity index (χ1n) is 7.75. The van der Waals surface area contributed by atoms with Gasteiger partial charge in [-0.1, -0.05) is 6.07 Å². The molecule has 132 valence electrons. The van der Waals surface area contributed by atoms with Crippen molar-refractivity contribution in [1.29, 1.82) is 0 Å². The van der Waals surface area contributed by atoms with Gasteiger partial charge in [0.1, 0.15) is 0 Å². The van der Waals surface area contributed by atoms with Crippen molar-refractivity contribution in [3.8, 4) is 0 Å². The molecule has 0 fully saturated rings. The van der Waals surface area contributed by atoms with E-state index < -0.39 is 18.0 Å². The predicted molar refractivity (Wildman–Crippen MR) is 85.6 cm³/mol. The highest BCUT2D eigenvalue weighted by Gasteiger charge is 2.32. The summed E-state index contributed by atoms with van der Waals surface area (Å²) in [6.07, 6.45) is -1.71. The molecule has 0 unspecified atom stereocenters. The van der Waals surface area contributed by atoms with Gasteiger partial charge in [0.15, 0.2) is 6.29 Å². The molecular formula is C17H21F3N2O2. The number of benzene rings is 1. The molecule has 4 nitrogen and oxygen atoms in total. The minimum absolute atomic E-state index is 0.339. The van der Waals surface area contributed by atoms with Gasteiger partial charge in [-0.05, 0) is 37.6 Å². The molecule has 24 heavy (non-hydrogen) atoms. The molecule has 1 aromatic carbocycles. The summed E-state index contributed by atoms with van der Waals surface area (Å²) in [5, 5.41) is 3.16. The van der Waals surface area contributed by atoms with E-state index in [1.54, 1.807) is 26.2 Å². The van der Waals surface area contributed by atoms with Crippen molar-refractivity contribution in [2.45, 2.75) is 32.9 Å². The average molecular weight is 342 g/mol. The van der Waals surface area contributed by atoms with E-state index in [1.807, 2.05) is 6.07 Å². The van der Waals surface area contributed by atoms with E-state index in [-0.39, 0.29) is 0 Å². The molecule has 0 radical (unpaired) electrons. The summed E-state index contributed by atoms with van der Waals surface area (Å²) >= 11 is 0. The van der Waals surface area contributed by atoms with Crippen LogP contribution in [-0.4, -0.2) is 18.2 Å². The zero-order valence-corrected chi connectivity index (χ0v) is 13.6. The zero-order valence-electron chi connectivity index (χ0n) is 13.6. The third-order valence-electron chi connectivity index (χ3n) is 3.44. The van der Waals surface area contributed by atoms with Crippen LogP contribution in [0.3, 0.4) is 0 Å². The largest absolute Gasteiger partial charge is 0.416 e. The van der Waals surface area contributed by atoms with Crippen molar-refractivity contribution in [2.24, 2.45) is 0 Å². The Morgan fingerprint density at radius 1 is 1.12 bits per heavy atom. The van der Waals surface area contributed by atoms with Gasteiger partial charge in [0, 0.05) is 37.7 Å². The lowest BCUT2D eigenvalue weighted by Gasteiger charge is -2.22. The van der Waals surface area contributed by atoms with Crippen LogP contribution in [0.15, 0.2) is 36.7 Å². The number of aromatic amines is 1. The third kappa shape index (κ3) is 4.75. The molecule has 0 bridgehead atoms. The Bertz CT molecular complexity index is 621. The topological polar surface area (TPSA) is 46.3 Å². The lowest BCUT2D eigenvalue weighted by atomic mass is 10.0. The summed E-state index contributed by atoms with van der Waals surface area (Å²) in [5.41, 5.74) is 1.21. The van der Waals surface area contributed by atoms with Crippen molar-refractivity contribution >= 4 is 5.69 Å². The van der Waals surface area contributed by atoms with Crippen molar-refractivity contribution < 1.29 is 22.6 Å². The van der Waals surface area contributed by atoms with Gasteiger partial charge < -0.3 is 19.8 Å². The van der Waals surface area contributed by atoms with E-state index in [2.05, 4.69) is 10.3 Å². The summed E-state index contributed by atoms with van der Waals surface area (Å²) in [5.74, 6) is 0. The van der Waals surface area contributed by atoms with Crippen molar-refractivity contribution in [3.63, 3.8) is 0 Å². The fraction of sp³-hybridized carbons (Fsp3) is 0.412. The van der Waals surface area contributed by atoms with Crippen molar-refractivity contribution in [3.05, 3.63) is 53.3 Å². The van der Waals surface area contributed by atoms with Gasteiger partial charge in [-0.15, -0.1) is 0 Å². The third-order valence-corrected chi connectivity index (χ3v) is 3.44. The standard InChI is InChI=1S/C17H21F3N2O2/c1-3-23-16(24-4-2)15-9-13(17(18,19)20)6-5-12(15)10-22-14-7-8-21-11-14/h5-9,11,16,21-22H,3-4,10H2,1-2H3. The Morgan fingerprint density at radius 2 is 1.83 bits per heavy atom. The van der Waals surface area contributed by atoms with Crippen LogP contribution in [0, 0.1) is 0 Å². The number of alkyl halides is 3. The lowest BCUT2D eigenvalue weighted by Crippen LogP contribution is -2.15. The van der Waals surface area contributed by atoms with Gasteiger partial charge in [-0.25, -0.2) is 0 Å². The highest BCUT2D eigenvalue weighted by molar-refractivity contribution is 5.43. The van der Waals surface area contributed by atoms with Crippen LogP contribution in [0.1, 0.15) is 36.8 Å². The maximum absolute atomic E-state index is 13.0. The molecule has 0 spiro atoms. The summed E-state index contributed by atoms with van der Waals surface area (Å²) in [6, 6.07) is 5.48. The van der Waals surface area contributed by atoms with E-state index in [0.29, 0.717) is 30.9 Å². The molecule has 7 heteroatoms. The molecule has 0 aliphatic carbocycles. The number of hydrogen-bond acceptors (Lipinski definition) is 3. The van der Waals surface area contributed by atoms with Crippen LogP contribution in [0.4, 0.5) is 18.9 Å². The number of halogens is 3. The Labute approximate surface area is 139 Å². The maximum Gasteiger partial charge on any atom is 0.416 e. The summed E-state index contributed by atoms with van der Waals surface area (Å²) in [7, 11) is 0. The molecule has 0 aliphatic heterocycles. The maximum atomic E-state index is 13.0. The average Bonchev–Trinajstić information content (AvgIpc) is 3.05. The van der Waals surface area contributed by atoms with Crippen LogP contribution in [0.5, 0.6) is 0 Å². The summed E-state index contributed by atoms with van der Waals surface area (Å²) in [4.78, 5) is 2.91. The Kier molecular flexibility index (Phi) is 6.28. The van der Waals surface area contributed by atoms with E-state index in [0.717, 1.165) is 17.8 Å². The van der Waals surface area contributed by atoms with Crippen LogP contribution < -0.4 is 5.32 Å². The normalized spacial score (nSPS) is 11.9. The number of ether oxygens (including phenoxy) is 2. The molecule has 1 heterocycles. The first-order chi connectivity index (χ1) is 11.5. The van der Waals surface area contributed by atoms with Crippen LogP contribution in [-0.2, 0) is 22.2 Å². The Morgan fingerprint density at radius 3 is 2.38 bits per heavy atom. The Hall–Kier alpha value is -1.99. The van der Waals surface area contributed by atoms with Gasteiger partial charge in [0.2, 0.25) is 0 Å². The number of nitrogens with one attached hydrogen (secondary N) is 2. The molecule has 0 saturated carbocycles. The van der Waals surface area contributed by atoms with Crippen molar-refractivity contribution in [2.75, 3.05) is 18.5 Å². The fourth-order valence-corrected chi connectivity index (χ4v) is 2.31. The number of hydrogen-bond donors (Lipinski definition) is 2. The monoisotopic (exact) mass is 342 g/mol. The molecule has 2 rings (SSSR count). The van der Waals surface area contributed by atoms with Crippen LogP contribution in [0.2, 0.25) is 0 Å². The second-order valence-electron chi connectivity index (χ2n) is 5.11. The number of H-pyrrole nitrogens is 1. The predicted octanol–water partition coefficient (Wildman–Crippen LogP) is 4.72. The lowest BCUT2D eigenvalue weighted by molar-refractivity contribution is -0.144. The molecular weight excluding hydrogens is 321 g/mol. The quantitative estimate of drug-likeness (QED) is 0.683. The molecule has 1 aromatic heterocycles. The second-order valence-corrected chi connectivity index (χ2v) is 5.11. The summed E-state index contributed by atoms with van der Waals surface area (Å²) < 4.78 is 50.1. The minimum Gasteiger partial charge on any atom is -0.380 e. The zero-order chi connectivity index (χ0) is 17.6. The highest BCUT2D eigenvalue weighted by atomic mass is 19.4. The van der Waals surface area contributed by atoms with E-state index in [9.17, 15) is 13.2 Å². The molecule has 0 atom stereocenters. The fourth-order valence-electron chi connectivity index (χ4n) is 2.31. The number of anilines is 1. The van der Waals surface area contributed by atoms with E-state index >= 15 is 0 Å². The molecule has 0 amide bonds. The molecule has 2 N–H and O–H groups in total. The van der Waals surface area contributed by atoms with Crippen molar-refractivity contribution in [1.82, 2.24) is 4.98 Å². The van der Waals surface area contributed by atoms with Gasteiger partial charge in [0.25, 0.3) is 0 Å². The van der Waals surface area contributed by atoms with E-state index in [4.69, 9.17) is 9.47 Å². The first-order valence-corrected chi connectivity index (χ1v) is 7.75. The first kappa shape index (κ1) is 18.4. The highest BCUT2D eigenvalue weighted by Crippen LogP contribution is 2.33. The van der Waals surface area contributed by atoms with Gasteiger partial charge >= 0.3 is 6.18 Å². The second kappa shape index (κ2) is 8.21. The minimum atomic E-state index is -4.41. The van der Waals surface area contributed by atoms with Crippen LogP contribution >= 0.6 is 0 Å². The molecule has 0 saturated heterocycles. The van der Waals surface area contributed by atoms with Gasteiger partial charge in [-0.2, -0.15) is 13.2 Å². The number of aromatic nitrogens is 1. The summed E-state index contributed by atoms with van der Waals surface area (Å²) in [6.45, 7) is 4.59. The smallest absolute Gasteiger partial charge is 0.380 e. The van der Waals surface area contributed by atoms with E-state index in [1.165, 1.54) is 6.07 Å².